The van der Waals surface area contributed by atoms with Crippen LogP contribution in [0.1, 0.15) is 16.2 Å². The summed E-state index contributed by atoms with van der Waals surface area (Å²) in [5.74, 6) is -0.968. The summed E-state index contributed by atoms with van der Waals surface area (Å²) in [5, 5.41) is 12.6. The molecule has 0 radical (unpaired) electrons. The highest BCUT2D eigenvalue weighted by molar-refractivity contribution is 9.10. The van der Waals surface area contributed by atoms with E-state index in [1.807, 2.05) is 0 Å². The highest BCUT2D eigenvalue weighted by Gasteiger charge is 2.12. The fourth-order valence-corrected chi connectivity index (χ4v) is 1.74. The third-order valence-corrected chi connectivity index (χ3v) is 2.34. The predicted molar refractivity (Wildman–Crippen MR) is 54.7 cm³/mol. The van der Waals surface area contributed by atoms with E-state index in [9.17, 15) is 4.79 Å². The van der Waals surface area contributed by atoms with Gasteiger partial charge in [-0.05, 0) is 22.0 Å². The molecule has 78 valence electrons. The number of hydrogen-bond acceptors (Lipinski definition) is 3. The quantitative estimate of drug-likeness (QED) is 0.926. The van der Waals surface area contributed by atoms with Gasteiger partial charge in [0.2, 0.25) is 0 Å². The fourth-order valence-electron chi connectivity index (χ4n) is 1.28. The summed E-state index contributed by atoms with van der Waals surface area (Å²) in [6.45, 7) is 0.379. The smallest absolute Gasteiger partial charge is 0.352 e. The van der Waals surface area contributed by atoms with Crippen LogP contribution in [0.25, 0.3) is 0 Å². The second-order valence-electron chi connectivity index (χ2n) is 2.97. The Bertz CT molecular complexity index is 476. The molecule has 0 spiro atoms. The van der Waals surface area contributed by atoms with Crippen molar-refractivity contribution in [2.24, 2.45) is 0 Å². The Labute approximate surface area is 93.4 Å². The van der Waals surface area contributed by atoms with Gasteiger partial charge >= 0.3 is 5.97 Å². The highest BCUT2D eigenvalue weighted by Crippen LogP contribution is 2.16. The summed E-state index contributed by atoms with van der Waals surface area (Å²) < 4.78 is 6.98. The van der Waals surface area contributed by atoms with Crippen LogP contribution in [0.15, 0.2) is 33.6 Å². The van der Waals surface area contributed by atoms with Crippen LogP contribution in [-0.4, -0.2) is 20.8 Å². The first kappa shape index (κ1) is 9.97. The summed E-state index contributed by atoms with van der Waals surface area (Å²) >= 11 is 3.23. The second-order valence-corrected chi connectivity index (χ2v) is 3.88. The van der Waals surface area contributed by atoms with Gasteiger partial charge in [-0.3, -0.25) is 0 Å². The van der Waals surface area contributed by atoms with E-state index in [1.54, 1.807) is 22.9 Å². The SMILES string of the molecule is O=C(O)c1cc(Br)cn1Cc1ccon1. The Morgan fingerprint density at radius 2 is 2.47 bits per heavy atom. The Kier molecular flexibility index (Phi) is 2.59. The van der Waals surface area contributed by atoms with E-state index in [4.69, 9.17) is 5.11 Å². The number of nitrogens with zero attached hydrogens (tertiary/aromatic N) is 2. The summed E-state index contributed by atoms with van der Waals surface area (Å²) in [5.41, 5.74) is 0.894. The minimum absolute atomic E-state index is 0.213. The molecule has 0 saturated heterocycles. The number of aromatic nitrogens is 2. The van der Waals surface area contributed by atoms with Crippen LogP contribution >= 0.6 is 15.9 Å². The zero-order valence-electron chi connectivity index (χ0n) is 7.55. The number of halogens is 1. The van der Waals surface area contributed by atoms with Crippen LogP contribution in [0.4, 0.5) is 0 Å². The van der Waals surface area contributed by atoms with Gasteiger partial charge in [0, 0.05) is 16.7 Å². The molecule has 0 amide bonds. The van der Waals surface area contributed by atoms with E-state index in [0.717, 1.165) is 4.47 Å². The van der Waals surface area contributed by atoms with Gasteiger partial charge in [-0.1, -0.05) is 5.16 Å². The Balaban J connectivity index is 2.31. The Hall–Kier alpha value is -1.56. The molecule has 2 rings (SSSR count). The monoisotopic (exact) mass is 270 g/mol. The molecule has 15 heavy (non-hydrogen) atoms. The van der Waals surface area contributed by atoms with Crippen LogP contribution < -0.4 is 0 Å². The molecule has 6 heteroatoms. The van der Waals surface area contributed by atoms with Crippen LogP contribution in [0.2, 0.25) is 0 Å². The number of carbonyl (C=O) groups is 1. The molecule has 0 saturated carbocycles. The standard InChI is InChI=1S/C9H7BrN2O3/c10-6-3-8(9(13)14)12(4-6)5-7-1-2-15-11-7/h1-4H,5H2,(H,13,14). The molecule has 5 nitrogen and oxygen atoms in total. The van der Waals surface area contributed by atoms with Crippen molar-refractivity contribution >= 4 is 21.9 Å². The largest absolute Gasteiger partial charge is 0.477 e. The maximum absolute atomic E-state index is 10.9. The van der Waals surface area contributed by atoms with Gasteiger partial charge in [0.05, 0.1) is 6.54 Å². The van der Waals surface area contributed by atoms with Crippen molar-refractivity contribution in [1.29, 1.82) is 0 Å². The molecule has 2 aromatic heterocycles. The molecule has 1 N–H and O–H groups in total. The van der Waals surface area contributed by atoms with Gasteiger partial charge in [0.15, 0.2) is 0 Å². The zero-order chi connectivity index (χ0) is 10.8. The summed E-state index contributed by atoms with van der Waals surface area (Å²) in [7, 11) is 0. The molecule has 0 aliphatic heterocycles. The molecule has 2 heterocycles. The van der Waals surface area contributed by atoms with Crippen molar-refractivity contribution in [3.8, 4) is 0 Å². The van der Waals surface area contributed by atoms with Crippen molar-refractivity contribution in [3.05, 3.63) is 40.5 Å². The molecule has 2 aromatic rings. The lowest BCUT2D eigenvalue weighted by atomic mass is 10.4. The number of carboxylic acids is 1. The van der Waals surface area contributed by atoms with Crippen LogP contribution in [0.5, 0.6) is 0 Å². The second kappa shape index (κ2) is 3.90. The third-order valence-electron chi connectivity index (χ3n) is 1.91. The molecule has 0 aliphatic rings. The molecule has 0 aromatic carbocycles. The molecular weight excluding hydrogens is 264 g/mol. The van der Waals surface area contributed by atoms with Crippen molar-refractivity contribution in [1.82, 2.24) is 9.72 Å². The van der Waals surface area contributed by atoms with Gasteiger partial charge < -0.3 is 14.2 Å². The van der Waals surface area contributed by atoms with Gasteiger partial charge in [0.25, 0.3) is 0 Å². The molecule has 0 fully saturated rings. The van der Waals surface area contributed by atoms with Crippen LogP contribution in [0, 0.1) is 0 Å². The number of rotatable bonds is 3. The van der Waals surface area contributed by atoms with Gasteiger partial charge in [-0.15, -0.1) is 0 Å². The van der Waals surface area contributed by atoms with E-state index in [0.29, 0.717) is 12.2 Å². The van der Waals surface area contributed by atoms with Crippen molar-refractivity contribution in [2.75, 3.05) is 0 Å². The van der Waals surface area contributed by atoms with E-state index < -0.39 is 5.97 Å². The maximum atomic E-state index is 10.9. The van der Waals surface area contributed by atoms with E-state index in [-0.39, 0.29) is 5.69 Å². The lowest BCUT2D eigenvalue weighted by Gasteiger charge is -2.01. The first-order valence-corrected chi connectivity index (χ1v) is 4.94. The van der Waals surface area contributed by atoms with Gasteiger partial charge in [-0.2, -0.15) is 0 Å². The first-order valence-electron chi connectivity index (χ1n) is 4.15. The maximum Gasteiger partial charge on any atom is 0.352 e. The Morgan fingerprint density at radius 1 is 1.67 bits per heavy atom. The predicted octanol–water partition coefficient (Wildman–Crippen LogP) is 1.99. The average molecular weight is 271 g/mol. The zero-order valence-corrected chi connectivity index (χ0v) is 9.14. The van der Waals surface area contributed by atoms with Crippen molar-refractivity contribution in [2.45, 2.75) is 6.54 Å². The number of carboxylic acid groups (broad SMARTS) is 1. The lowest BCUT2D eigenvalue weighted by Crippen LogP contribution is -2.08. The molecule has 0 unspecified atom stereocenters. The summed E-state index contributed by atoms with van der Waals surface area (Å²) in [6.07, 6.45) is 3.15. The van der Waals surface area contributed by atoms with Gasteiger partial charge in [0.1, 0.15) is 17.7 Å². The minimum Gasteiger partial charge on any atom is -0.477 e. The van der Waals surface area contributed by atoms with Crippen LogP contribution in [0.3, 0.4) is 0 Å². The van der Waals surface area contributed by atoms with Crippen molar-refractivity contribution < 1.29 is 14.4 Å². The first-order chi connectivity index (χ1) is 7.16. The summed E-state index contributed by atoms with van der Waals surface area (Å²) in [4.78, 5) is 10.9. The van der Waals surface area contributed by atoms with E-state index in [2.05, 4.69) is 25.6 Å². The van der Waals surface area contributed by atoms with Crippen molar-refractivity contribution in [3.63, 3.8) is 0 Å². The topological polar surface area (TPSA) is 68.3 Å². The van der Waals surface area contributed by atoms with Gasteiger partial charge in [-0.25, -0.2) is 4.79 Å². The normalized spacial score (nSPS) is 10.5. The molecule has 0 aliphatic carbocycles. The third kappa shape index (κ3) is 2.10. The molecular formula is C9H7BrN2O3. The average Bonchev–Trinajstić information content (AvgIpc) is 2.75. The molecule has 0 atom stereocenters. The number of hydrogen-bond donors (Lipinski definition) is 1. The highest BCUT2D eigenvalue weighted by atomic mass is 79.9. The molecule has 0 bridgehead atoms. The lowest BCUT2D eigenvalue weighted by molar-refractivity contribution is 0.0685. The minimum atomic E-state index is -0.968. The van der Waals surface area contributed by atoms with E-state index >= 15 is 0 Å². The summed E-state index contributed by atoms with van der Waals surface area (Å²) in [6, 6.07) is 3.24. The van der Waals surface area contributed by atoms with Crippen LogP contribution in [-0.2, 0) is 6.54 Å². The fraction of sp³-hybridized carbons (Fsp3) is 0.111. The Morgan fingerprint density at radius 3 is 3.07 bits per heavy atom. The van der Waals surface area contributed by atoms with E-state index in [1.165, 1.54) is 6.26 Å². The number of aromatic carboxylic acids is 1.